The Balaban J connectivity index is 0.000000515. The van der Waals surface area contributed by atoms with Gasteiger partial charge in [0.15, 0.2) is 0 Å². The van der Waals surface area contributed by atoms with Gasteiger partial charge in [0, 0.05) is 28.4 Å². The first-order chi connectivity index (χ1) is 21.4. The lowest BCUT2D eigenvalue weighted by molar-refractivity contribution is -0.192. The molecule has 0 bridgehead atoms. The highest BCUT2D eigenvalue weighted by Crippen LogP contribution is 2.34. The van der Waals surface area contributed by atoms with Crippen molar-refractivity contribution in [1.29, 1.82) is 0 Å². The molecule has 0 saturated heterocycles. The zero-order valence-electron chi connectivity index (χ0n) is 22.8. The van der Waals surface area contributed by atoms with Crippen LogP contribution >= 0.6 is 11.6 Å². The molecule has 0 fully saturated rings. The van der Waals surface area contributed by atoms with Crippen LogP contribution in [0.3, 0.4) is 0 Å². The SMILES string of the molecule is O=C(O)/C=C/c1ccc(-c2cnc([C@@H]3CCc4cc(-c5cc(Cl)ccc5-n5cnnn5)cc(=O)n43)[nH]2)cc1.O=C(O)C(F)(F)F. The van der Waals surface area contributed by atoms with Crippen LogP contribution in [0.5, 0.6) is 0 Å². The summed E-state index contributed by atoms with van der Waals surface area (Å²) < 4.78 is 35.1. The van der Waals surface area contributed by atoms with Crippen LogP contribution in [0.2, 0.25) is 5.02 Å². The molecule has 0 unspecified atom stereocenters. The summed E-state index contributed by atoms with van der Waals surface area (Å²) in [6.45, 7) is 0. The van der Waals surface area contributed by atoms with Gasteiger partial charge in [-0.15, -0.1) is 5.10 Å². The molecule has 2 aromatic carbocycles. The number of carboxylic acid groups (broad SMARTS) is 2. The summed E-state index contributed by atoms with van der Waals surface area (Å²) >= 11 is 6.29. The number of halogens is 4. The van der Waals surface area contributed by atoms with Gasteiger partial charge < -0.3 is 19.8 Å². The van der Waals surface area contributed by atoms with Crippen LogP contribution < -0.4 is 5.56 Å². The van der Waals surface area contributed by atoms with Gasteiger partial charge in [0.1, 0.15) is 12.2 Å². The van der Waals surface area contributed by atoms with E-state index in [9.17, 15) is 22.8 Å². The lowest BCUT2D eigenvalue weighted by Crippen LogP contribution is -2.23. The number of aryl methyl sites for hydroxylation is 1. The van der Waals surface area contributed by atoms with Crippen LogP contribution in [0.15, 0.2) is 78.0 Å². The summed E-state index contributed by atoms with van der Waals surface area (Å²) in [6, 6.07) is 16.3. The predicted molar refractivity (Wildman–Crippen MR) is 155 cm³/mol. The van der Waals surface area contributed by atoms with Gasteiger partial charge in [-0.3, -0.25) is 4.79 Å². The molecule has 6 rings (SSSR count). The van der Waals surface area contributed by atoms with Gasteiger partial charge in [-0.2, -0.15) is 17.9 Å². The zero-order valence-corrected chi connectivity index (χ0v) is 23.6. The number of nitrogens with zero attached hydrogens (tertiary/aromatic N) is 6. The highest BCUT2D eigenvalue weighted by molar-refractivity contribution is 6.31. The predicted octanol–water partition coefficient (Wildman–Crippen LogP) is 4.80. The van der Waals surface area contributed by atoms with Crippen molar-refractivity contribution in [2.45, 2.75) is 25.1 Å². The highest BCUT2D eigenvalue weighted by atomic mass is 35.5. The Morgan fingerprint density at radius 1 is 1.04 bits per heavy atom. The van der Waals surface area contributed by atoms with Crippen LogP contribution in [0.1, 0.15) is 29.5 Å². The quantitative estimate of drug-likeness (QED) is 0.221. The molecule has 230 valence electrons. The monoisotopic (exact) mass is 639 g/mol. The van der Waals surface area contributed by atoms with Crippen LogP contribution in [0.4, 0.5) is 13.2 Å². The molecule has 4 heterocycles. The molecule has 12 nitrogen and oxygen atoms in total. The Kier molecular flexibility index (Phi) is 8.63. The largest absolute Gasteiger partial charge is 0.490 e. The van der Waals surface area contributed by atoms with Crippen molar-refractivity contribution in [2.75, 3.05) is 0 Å². The second kappa shape index (κ2) is 12.6. The van der Waals surface area contributed by atoms with Crippen LogP contribution in [0.25, 0.3) is 34.1 Å². The van der Waals surface area contributed by atoms with E-state index >= 15 is 0 Å². The van der Waals surface area contributed by atoms with Gasteiger partial charge in [-0.05, 0) is 70.3 Å². The van der Waals surface area contributed by atoms with Gasteiger partial charge in [0.05, 0.1) is 23.6 Å². The minimum absolute atomic E-state index is 0.129. The Morgan fingerprint density at radius 3 is 2.42 bits per heavy atom. The van der Waals surface area contributed by atoms with E-state index < -0.39 is 18.1 Å². The van der Waals surface area contributed by atoms with Crippen molar-refractivity contribution in [2.24, 2.45) is 0 Å². The van der Waals surface area contributed by atoms with Crippen LogP contribution in [-0.4, -0.2) is 63.1 Å². The summed E-state index contributed by atoms with van der Waals surface area (Å²) in [7, 11) is 0. The maximum atomic E-state index is 13.4. The van der Waals surface area contributed by atoms with Crippen LogP contribution in [0, 0.1) is 0 Å². The van der Waals surface area contributed by atoms with E-state index in [1.54, 1.807) is 33.6 Å². The smallest absolute Gasteiger partial charge is 0.478 e. The molecule has 1 aliphatic rings. The van der Waals surface area contributed by atoms with Crippen molar-refractivity contribution in [1.82, 2.24) is 34.7 Å². The Labute approximate surface area is 256 Å². The standard InChI is InChI=1S/C27H20ClN7O3.C2HF3O2/c28-19-6-8-23(34-15-30-32-33-34)21(13-19)18-11-20-7-9-24(35(20)25(36)12-18)27-29-14-22(31-27)17-4-1-16(2-5-17)3-10-26(37)38;3-2(4,5)1(6)7/h1-6,8,10-15,24H,7,9H2,(H,29,31)(H,37,38);(H,6,7)/b10-3+;/t24-;/m0./s1. The second-order valence-corrected chi connectivity index (χ2v) is 10.1. The molecule has 0 spiro atoms. The first-order valence-corrected chi connectivity index (χ1v) is 13.4. The third kappa shape index (κ3) is 6.99. The molecule has 1 atom stereocenters. The number of hydrogen-bond acceptors (Lipinski definition) is 7. The normalized spacial score (nSPS) is 14.2. The zero-order chi connectivity index (χ0) is 32.3. The minimum Gasteiger partial charge on any atom is -0.478 e. The molecular formula is C29H21ClF3N7O5. The number of aromatic nitrogens is 7. The Bertz CT molecular complexity index is 1950. The van der Waals surface area contributed by atoms with Gasteiger partial charge in [0.25, 0.3) is 5.56 Å². The fourth-order valence-electron chi connectivity index (χ4n) is 4.81. The molecule has 5 aromatic rings. The van der Waals surface area contributed by atoms with Gasteiger partial charge in [0.2, 0.25) is 0 Å². The number of pyridine rings is 1. The molecule has 45 heavy (non-hydrogen) atoms. The maximum absolute atomic E-state index is 13.4. The van der Waals surface area contributed by atoms with Crippen molar-refractivity contribution in [3.05, 3.63) is 106 Å². The molecule has 16 heteroatoms. The highest BCUT2D eigenvalue weighted by Gasteiger charge is 2.38. The number of H-pyrrole nitrogens is 1. The number of imidazole rings is 1. The first-order valence-electron chi connectivity index (χ1n) is 13.1. The molecule has 0 amide bonds. The number of tetrazole rings is 1. The summed E-state index contributed by atoms with van der Waals surface area (Å²) in [5.74, 6) is -3.04. The molecule has 0 radical (unpaired) electrons. The Hall–Kier alpha value is -5.57. The fourth-order valence-corrected chi connectivity index (χ4v) is 4.99. The van der Waals surface area contributed by atoms with E-state index in [4.69, 9.17) is 26.6 Å². The maximum Gasteiger partial charge on any atom is 0.490 e. The third-order valence-electron chi connectivity index (χ3n) is 6.79. The fraction of sp³-hybridized carbons (Fsp3) is 0.138. The lowest BCUT2D eigenvalue weighted by atomic mass is 10.0. The van der Waals surface area contributed by atoms with E-state index in [0.29, 0.717) is 10.8 Å². The average Bonchev–Trinajstić information content (AvgIpc) is 3.77. The van der Waals surface area contributed by atoms with E-state index in [1.807, 2.05) is 36.4 Å². The number of alkyl halides is 3. The number of aromatic amines is 1. The molecule has 3 aromatic heterocycles. The molecule has 0 aliphatic carbocycles. The summed E-state index contributed by atoms with van der Waals surface area (Å²) in [4.78, 5) is 41.0. The molecular weight excluding hydrogens is 619 g/mol. The van der Waals surface area contributed by atoms with E-state index in [-0.39, 0.29) is 11.6 Å². The average molecular weight is 640 g/mol. The number of carbonyl (C=O) groups is 2. The first kappa shape index (κ1) is 30.9. The number of fused-ring (bicyclic) bond motifs is 1. The summed E-state index contributed by atoms with van der Waals surface area (Å²) in [5, 5.41) is 27.9. The summed E-state index contributed by atoms with van der Waals surface area (Å²) in [6.07, 6.45) is 2.25. The molecule has 1 aliphatic heterocycles. The number of aliphatic carboxylic acids is 2. The molecule has 3 N–H and O–H groups in total. The van der Waals surface area contributed by atoms with Gasteiger partial charge in [-0.25, -0.2) is 14.6 Å². The van der Waals surface area contributed by atoms with Crippen molar-refractivity contribution in [3.8, 4) is 28.1 Å². The van der Waals surface area contributed by atoms with Crippen molar-refractivity contribution in [3.63, 3.8) is 0 Å². The van der Waals surface area contributed by atoms with Crippen molar-refractivity contribution < 1.29 is 33.0 Å². The van der Waals surface area contributed by atoms with Crippen molar-refractivity contribution >= 4 is 29.6 Å². The van der Waals surface area contributed by atoms with E-state index in [2.05, 4.69) is 25.5 Å². The second-order valence-electron chi connectivity index (χ2n) is 9.69. The Morgan fingerprint density at radius 2 is 1.78 bits per heavy atom. The minimum atomic E-state index is -5.08. The number of hydrogen-bond donors (Lipinski definition) is 3. The number of rotatable bonds is 6. The van der Waals surface area contributed by atoms with E-state index in [0.717, 1.165) is 58.2 Å². The van der Waals surface area contributed by atoms with E-state index in [1.165, 1.54) is 12.4 Å². The van der Waals surface area contributed by atoms with Gasteiger partial charge in [-0.1, -0.05) is 35.9 Å². The summed E-state index contributed by atoms with van der Waals surface area (Å²) in [5.41, 5.74) is 5.51. The number of nitrogens with one attached hydrogen (secondary N) is 1. The number of carboxylic acids is 2. The van der Waals surface area contributed by atoms with Gasteiger partial charge >= 0.3 is 18.1 Å². The lowest BCUT2D eigenvalue weighted by Gasteiger charge is -2.15. The number of benzene rings is 2. The molecule has 0 saturated carbocycles. The third-order valence-corrected chi connectivity index (χ3v) is 7.03. The topological polar surface area (TPSA) is 169 Å². The van der Waals surface area contributed by atoms with Crippen LogP contribution in [-0.2, 0) is 16.0 Å².